The quantitative estimate of drug-likeness (QED) is 0.512. The van der Waals surface area contributed by atoms with Crippen LogP contribution in [0.1, 0.15) is 29.3 Å². The summed E-state index contributed by atoms with van der Waals surface area (Å²) in [4.78, 5) is 11.9. The van der Waals surface area contributed by atoms with Gasteiger partial charge in [-0.1, -0.05) is 0 Å². The summed E-state index contributed by atoms with van der Waals surface area (Å²) >= 11 is 1.78. The van der Waals surface area contributed by atoms with E-state index in [9.17, 15) is 10.1 Å². The van der Waals surface area contributed by atoms with Gasteiger partial charge in [-0.3, -0.25) is 10.1 Å². The number of aryl methyl sites for hydroxylation is 1. The first-order valence-corrected chi connectivity index (χ1v) is 7.39. The number of nitrogens with one attached hydrogen (secondary N) is 1. The Balaban J connectivity index is 1.88. The fraction of sp³-hybridized carbons (Fsp3) is 0.286. The Hall–Kier alpha value is -2.08. The smallest absolute Gasteiger partial charge is 0.273 e. The van der Waals surface area contributed by atoms with Gasteiger partial charge in [-0.25, -0.2) is 0 Å². The van der Waals surface area contributed by atoms with E-state index in [4.69, 9.17) is 5.73 Å². The number of benzene rings is 1. The SMILES string of the molecule is Nc1cc(NC2CCCc3sccc32)cc([N+](=O)[O-])c1. The standard InChI is InChI=1S/C14H15N3O2S/c15-9-6-10(8-11(7-9)17(18)19)16-13-2-1-3-14-12(13)4-5-20-14/h4-8,13,16H,1-3,15H2. The summed E-state index contributed by atoms with van der Waals surface area (Å²) in [6.45, 7) is 0. The van der Waals surface area contributed by atoms with Crippen LogP contribution in [0.25, 0.3) is 0 Å². The van der Waals surface area contributed by atoms with Crippen molar-refractivity contribution in [1.29, 1.82) is 0 Å². The van der Waals surface area contributed by atoms with Crippen molar-refractivity contribution in [3.8, 4) is 0 Å². The number of nitro benzene ring substituents is 1. The third-order valence-corrected chi connectivity index (χ3v) is 4.54. The Morgan fingerprint density at radius 1 is 1.40 bits per heavy atom. The van der Waals surface area contributed by atoms with Crippen LogP contribution in [0.3, 0.4) is 0 Å². The van der Waals surface area contributed by atoms with E-state index < -0.39 is 4.92 Å². The number of nitro groups is 1. The maximum atomic E-state index is 10.9. The molecule has 1 heterocycles. The van der Waals surface area contributed by atoms with Gasteiger partial charge in [-0.05, 0) is 42.3 Å². The molecule has 2 aromatic rings. The van der Waals surface area contributed by atoms with Crippen LogP contribution in [0.2, 0.25) is 0 Å². The van der Waals surface area contributed by atoms with Crippen LogP contribution in [0.5, 0.6) is 0 Å². The monoisotopic (exact) mass is 289 g/mol. The van der Waals surface area contributed by atoms with E-state index in [1.54, 1.807) is 17.4 Å². The molecule has 1 aromatic heterocycles. The number of hydrogen-bond acceptors (Lipinski definition) is 5. The van der Waals surface area contributed by atoms with Crippen molar-refractivity contribution >= 4 is 28.4 Å². The van der Waals surface area contributed by atoms with Gasteiger partial charge in [-0.2, -0.15) is 0 Å². The van der Waals surface area contributed by atoms with Crippen molar-refractivity contribution in [3.05, 3.63) is 50.2 Å². The molecule has 3 rings (SSSR count). The molecule has 1 aliphatic carbocycles. The number of thiophene rings is 1. The van der Waals surface area contributed by atoms with Crippen LogP contribution in [0.15, 0.2) is 29.6 Å². The molecule has 1 aromatic carbocycles. The molecule has 1 unspecified atom stereocenters. The predicted octanol–water partition coefficient (Wildman–Crippen LogP) is 3.73. The lowest BCUT2D eigenvalue weighted by atomic mass is 9.94. The summed E-state index contributed by atoms with van der Waals surface area (Å²) < 4.78 is 0. The van der Waals surface area contributed by atoms with Crippen molar-refractivity contribution < 1.29 is 4.92 Å². The first kappa shape index (κ1) is 12.9. The second kappa shape index (κ2) is 5.13. The molecular formula is C14H15N3O2S. The first-order valence-electron chi connectivity index (χ1n) is 6.51. The summed E-state index contributed by atoms with van der Waals surface area (Å²) in [5.74, 6) is 0. The number of nitrogens with zero attached hydrogens (tertiary/aromatic N) is 1. The number of anilines is 2. The minimum absolute atomic E-state index is 0.0221. The fourth-order valence-corrected chi connectivity index (χ4v) is 3.65. The zero-order valence-electron chi connectivity index (χ0n) is 10.8. The Labute approximate surface area is 120 Å². The Kier molecular flexibility index (Phi) is 3.31. The van der Waals surface area contributed by atoms with Gasteiger partial charge in [0.1, 0.15) is 0 Å². The summed E-state index contributed by atoms with van der Waals surface area (Å²) in [6, 6.07) is 7.01. The van der Waals surface area contributed by atoms with Gasteiger partial charge in [0, 0.05) is 28.4 Å². The summed E-state index contributed by atoms with van der Waals surface area (Å²) in [5.41, 5.74) is 8.18. The molecule has 6 heteroatoms. The van der Waals surface area contributed by atoms with Gasteiger partial charge < -0.3 is 11.1 Å². The molecule has 0 amide bonds. The lowest BCUT2D eigenvalue weighted by Gasteiger charge is -2.24. The molecule has 20 heavy (non-hydrogen) atoms. The second-order valence-electron chi connectivity index (χ2n) is 4.96. The molecule has 0 bridgehead atoms. The highest BCUT2D eigenvalue weighted by Crippen LogP contribution is 2.36. The topological polar surface area (TPSA) is 81.2 Å². The Morgan fingerprint density at radius 3 is 3.05 bits per heavy atom. The van der Waals surface area contributed by atoms with Crippen molar-refractivity contribution in [3.63, 3.8) is 0 Å². The largest absolute Gasteiger partial charge is 0.398 e. The zero-order valence-corrected chi connectivity index (χ0v) is 11.7. The summed E-state index contributed by atoms with van der Waals surface area (Å²) in [7, 11) is 0. The minimum Gasteiger partial charge on any atom is -0.398 e. The maximum absolute atomic E-state index is 10.9. The number of hydrogen-bond donors (Lipinski definition) is 2. The number of non-ortho nitro benzene ring substituents is 1. The van der Waals surface area contributed by atoms with Gasteiger partial charge in [0.2, 0.25) is 0 Å². The molecule has 5 nitrogen and oxygen atoms in total. The van der Waals surface area contributed by atoms with Gasteiger partial charge in [0.05, 0.1) is 11.0 Å². The lowest BCUT2D eigenvalue weighted by molar-refractivity contribution is -0.384. The minimum atomic E-state index is -0.418. The highest BCUT2D eigenvalue weighted by atomic mass is 32.1. The van der Waals surface area contributed by atoms with Crippen LogP contribution in [-0.2, 0) is 6.42 Å². The Morgan fingerprint density at radius 2 is 2.25 bits per heavy atom. The molecule has 0 saturated carbocycles. The average Bonchev–Trinajstić information content (AvgIpc) is 2.87. The van der Waals surface area contributed by atoms with Gasteiger partial charge >= 0.3 is 0 Å². The van der Waals surface area contributed by atoms with Crippen LogP contribution >= 0.6 is 11.3 Å². The summed E-state index contributed by atoms with van der Waals surface area (Å²) in [6.07, 6.45) is 3.30. The van der Waals surface area contributed by atoms with E-state index in [-0.39, 0.29) is 11.7 Å². The number of nitrogen functional groups attached to an aromatic ring is 1. The number of nitrogens with two attached hydrogens (primary N) is 1. The molecule has 0 spiro atoms. The van der Waals surface area contributed by atoms with E-state index >= 15 is 0 Å². The zero-order chi connectivity index (χ0) is 14.1. The second-order valence-corrected chi connectivity index (χ2v) is 5.96. The van der Waals surface area contributed by atoms with Crippen molar-refractivity contribution in [1.82, 2.24) is 0 Å². The van der Waals surface area contributed by atoms with Crippen LogP contribution < -0.4 is 11.1 Å². The highest BCUT2D eigenvalue weighted by molar-refractivity contribution is 7.10. The van der Waals surface area contributed by atoms with Crippen molar-refractivity contribution in [2.45, 2.75) is 25.3 Å². The van der Waals surface area contributed by atoms with Gasteiger partial charge in [0.15, 0.2) is 0 Å². The Bertz CT molecular complexity index is 654. The molecular weight excluding hydrogens is 274 g/mol. The molecule has 3 N–H and O–H groups in total. The molecule has 0 aliphatic heterocycles. The number of fused-ring (bicyclic) bond motifs is 1. The van der Waals surface area contributed by atoms with E-state index in [0.29, 0.717) is 11.4 Å². The first-order chi connectivity index (χ1) is 9.63. The third-order valence-electron chi connectivity index (χ3n) is 3.54. The normalized spacial score (nSPS) is 17.5. The van der Waals surface area contributed by atoms with E-state index in [2.05, 4.69) is 16.8 Å². The van der Waals surface area contributed by atoms with Crippen molar-refractivity contribution in [2.24, 2.45) is 0 Å². The van der Waals surface area contributed by atoms with E-state index in [0.717, 1.165) is 19.3 Å². The third kappa shape index (κ3) is 2.46. The van der Waals surface area contributed by atoms with Gasteiger partial charge in [0.25, 0.3) is 5.69 Å². The van der Waals surface area contributed by atoms with E-state index in [1.165, 1.54) is 22.6 Å². The highest BCUT2D eigenvalue weighted by Gasteiger charge is 2.21. The average molecular weight is 289 g/mol. The fourth-order valence-electron chi connectivity index (χ4n) is 2.66. The van der Waals surface area contributed by atoms with Gasteiger partial charge in [-0.15, -0.1) is 11.3 Å². The van der Waals surface area contributed by atoms with Crippen molar-refractivity contribution in [2.75, 3.05) is 11.1 Å². The molecule has 0 saturated heterocycles. The molecule has 104 valence electrons. The lowest BCUT2D eigenvalue weighted by Crippen LogP contribution is -2.15. The summed E-state index contributed by atoms with van der Waals surface area (Å²) in [5, 5.41) is 16.4. The predicted molar refractivity (Wildman–Crippen MR) is 81.1 cm³/mol. The maximum Gasteiger partial charge on any atom is 0.273 e. The van der Waals surface area contributed by atoms with Crippen LogP contribution in [-0.4, -0.2) is 4.92 Å². The van der Waals surface area contributed by atoms with Crippen LogP contribution in [0, 0.1) is 10.1 Å². The molecule has 1 aliphatic rings. The van der Waals surface area contributed by atoms with E-state index in [1.807, 2.05) is 0 Å². The molecule has 0 radical (unpaired) electrons. The number of rotatable bonds is 3. The van der Waals surface area contributed by atoms with Crippen LogP contribution in [0.4, 0.5) is 17.1 Å². The molecule has 0 fully saturated rings. The molecule has 1 atom stereocenters.